The molecule has 0 rings (SSSR count). The summed E-state index contributed by atoms with van der Waals surface area (Å²) in [6, 6.07) is 0. The van der Waals surface area contributed by atoms with Crippen LogP contribution < -0.4 is 0 Å². The van der Waals surface area contributed by atoms with Gasteiger partial charge in [-0.15, -0.1) is 6.58 Å². The predicted octanol–water partition coefficient (Wildman–Crippen LogP) is 1.55. The van der Waals surface area contributed by atoms with Gasteiger partial charge in [-0.3, -0.25) is 4.79 Å². The molecule has 4 nitrogen and oxygen atoms in total. The van der Waals surface area contributed by atoms with Crippen molar-refractivity contribution < 1.29 is 19.0 Å². The van der Waals surface area contributed by atoms with E-state index in [1.807, 2.05) is 6.92 Å². The third kappa shape index (κ3) is 9.43. The van der Waals surface area contributed by atoms with Gasteiger partial charge in [0, 0.05) is 13.5 Å². The molecule has 88 valence electrons. The first-order valence-electron chi connectivity index (χ1n) is 5.14. The number of hydrogen-bond acceptors (Lipinski definition) is 4. The van der Waals surface area contributed by atoms with Crippen LogP contribution in [0.25, 0.3) is 0 Å². The van der Waals surface area contributed by atoms with Gasteiger partial charge in [0.2, 0.25) is 0 Å². The van der Waals surface area contributed by atoms with Crippen LogP contribution in [0.4, 0.5) is 0 Å². The molecule has 0 aliphatic rings. The molecule has 0 saturated heterocycles. The Labute approximate surface area is 91.2 Å². The lowest BCUT2D eigenvalue weighted by molar-refractivity contribution is -0.153. The fraction of sp³-hybridized carbons (Fsp3) is 0.727. The van der Waals surface area contributed by atoms with Gasteiger partial charge in [-0.05, 0) is 6.42 Å². The average molecular weight is 216 g/mol. The number of carbonyl (C=O) groups excluding carboxylic acids is 1. The Morgan fingerprint density at radius 1 is 1.40 bits per heavy atom. The van der Waals surface area contributed by atoms with Crippen LogP contribution in [0.15, 0.2) is 12.7 Å². The highest BCUT2D eigenvalue weighted by molar-refractivity contribution is 5.66. The topological polar surface area (TPSA) is 44.8 Å². The Morgan fingerprint density at radius 2 is 2.07 bits per heavy atom. The van der Waals surface area contributed by atoms with Crippen LogP contribution >= 0.6 is 0 Å². The molecule has 0 saturated carbocycles. The Kier molecular flexibility index (Phi) is 9.11. The van der Waals surface area contributed by atoms with Gasteiger partial charge in [-0.1, -0.05) is 13.0 Å². The van der Waals surface area contributed by atoms with Crippen LogP contribution in [0.2, 0.25) is 0 Å². The zero-order chi connectivity index (χ0) is 11.5. The van der Waals surface area contributed by atoms with Crippen LogP contribution in [0.5, 0.6) is 0 Å². The van der Waals surface area contributed by atoms with Crippen molar-refractivity contribution in [2.45, 2.75) is 26.4 Å². The lowest BCUT2D eigenvalue weighted by Gasteiger charge is -2.16. The summed E-state index contributed by atoms with van der Waals surface area (Å²) in [5.41, 5.74) is 0. The van der Waals surface area contributed by atoms with Gasteiger partial charge in [-0.2, -0.15) is 0 Å². The molecule has 0 fully saturated rings. The van der Waals surface area contributed by atoms with E-state index in [0.717, 1.165) is 6.42 Å². The smallest absolute Gasteiger partial charge is 0.303 e. The Morgan fingerprint density at radius 3 is 2.60 bits per heavy atom. The molecule has 0 aromatic carbocycles. The molecule has 1 atom stereocenters. The van der Waals surface area contributed by atoms with Crippen molar-refractivity contribution in [3.8, 4) is 0 Å². The first-order valence-corrected chi connectivity index (χ1v) is 5.14. The standard InChI is InChI=1S/C11H20O4/c1-4-6-13-8-11(15-10(3)12)9-14-7-5-2/h4,11H,1,5-9H2,2-3H3. The summed E-state index contributed by atoms with van der Waals surface area (Å²) in [6.45, 7) is 8.77. The molecule has 0 aromatic heterocycles. The highest BCUT2D eigenvalue weighted by Gasteiger charge is 2.11. The minimum absolute atomic E-state index is 0.317. The quantitative estimate of drug-likeness (QED) is 0.333. The molecule has 0 spiro atoms. The van der Waals surface area contributed by atoms with Crippen LogP contribution in [-0.2, 0) is 19.0 Å². The highest BCUT2D eigenvalue weighted by atomic mass is 16.6. The van der Waals surface area contributed by atoms with Gasteiger partial charge >= 0.3 is 5.97 Å². The van der Waals surface area contributed by atoms with Crippen molar-refractivity contribution in [3.05, 3.63) is 12.7 Å². The molecule has 15 heavy (non-hydrogen) atoms. The molecule has 0 N–H and O–H groups in total. The summed E-state index contributed by atoms with van der Waals surface area (Å²) in [6.07, 6.45) is 2.27. The monoisotopic (exact) mass is 216 g/mol. The lowest BCUT2D eigenvalue weighted by Crippen LogP contribution is -2.27. The maximum Gasteiger partial charge on any atom is 0.303 e. The minimum Gasteiger partial charge on any atom is -0.458 e. The molecule has 1 unspecified atom stereocenters. The third-order valence-electron chi connectivity index (χ3n) is 1.52. The van der Waals surface area contributed by atoms with E-state index in [9.17, 15) is 4.79 Å². The Hall–Kier alpha value is -0.870. The number of hydrogen-bond donors (Lipinski definition) is 0. The van der Waals surface area contributed by atoms with Crippen molar-refractivity contribution in [2.24, 2.45) is 0 Å². The summed E-state index contributed by atoms with van der Waals surface area (Å²) in [5.74, 6) is -0.317. The van der Waals surface area contributed by atoms with Crippen LogP contribution in [0.3, 0.4) is 0 Å². The second-order valence-corrected chi connectivity index (χ2v) is 3.13. The van der Waals surface area contributed by atoms with Gasteiger partial charge in [0.1, 0.15) is 6.10 Å². The van der Waals surface area contributed by atoms with Gasteiger partial charge < -0.3 is 14.2 Å². The molecule has 0 aliphatic heterocycles. The van der Waals surface area contributed by atoms with Crippen LogP contribution in [-0.4, -0.2) is 38.5 Å². The van der Waals surface area contributed by atoms with E-state index < -0.39 is 0 Å². The molecular weight excluding hydrogens is 196 g/mol. The van der Waals surface area contributed by atoms with Crippen molar-refractivity contribution >= 4 is 5.97 Å². The van der Waals surface area contributed by atoms with E-state index in [4.69, 9.17) is 14.2 Å². The Bertz CT molecular complexity index is 179. The fourth-order valence-corrected chi connectivity index (χ4v) is 0.993. The minimum atomic E-state index is -0.325. The average Bonchev–Trinajstić information content (AvgIpc) is 2.17. The molecule has 0 bridgehead atoms. The first-order chi connectivity index (χ1) is 7.20. The summed E-state index contributed by atoms with van der Waals surface area (Å²) in [5, 5.41) is 0. The van der Waals surface area contributed by atoms with Crippen LogP contribution in [0, 0.1) is 0 Å². The molecule has 0 aliphatic carbocycles. The van der Waals surface area contributed by atoms with Crippen molar-refractivity contribution in [1.29, 1.82) is 0 Å². The Balaban J connectivity index is 3.72. The summed E-state index contributed by atoms with van der Waals surface area (Å²) in [4.78, 5) is 10.8. The zero-order valence-corrected chi connectivity index (χ0v) is 9.53. The highest BCUT2D eigenvalue weighted by Crippen LogP contribution is 1.97. The van der Waals surface area contributed by atoms with Crippen molar-refractivity contribution in [3.63, 3.8) is 0 Å². The van der Waals surface area contributed by atoms with E-state index in [-0.39, 0.29) is 12.1 Å². The molecule has 0 heterocycles. The SMILES string of the molecule is C=CCOCC(COCCC)OC(C)=O. The van der Waals surface area contributed by atoms with E-state index in [1.165, 1.54) is 6.92 Å². The molecule has 0 amide bonds. The van der Waals surface area contributed by atoms with Gasteiger partial charge in [0.05, 0.1) is 19.8 Å². The number of ether oxygens (including phenoxy) is 3. The first kappa shape index (κ1) is 14.1. The van der Waals surface area contributed by atoms with E-state index in [2.05, 4.69) is 6.58 Å². The van der Waals surface area contributed by atoms with E-state index in [1.54, 1.807) is 6.08 Å². The molecule has 0 aromatic rings. The summed E-state index contributed by atoms with van der Waals surface area (Å²) < 4.78 is 15.5. The fourth-order valence-electron chi connectivity index (χ4n) is 0.993. The van der Waals surface area contributed by atoms with Gasteiger partial charge in [0.15, 0.2) is 0 Å². The number of carbonyl (C=O) groups is 1. The largest absolute Gasteiger partial charge is 0.458 e. The lowest BCUT2D eigenvalue weighted by atomic mass is 10.4. The van der Waals surface area contributed by atoms with Crippen molar-refractivity contribution in [1.82, 2.24) is 0 Å². The van der Waals surface area contributed by atoms with Crippen molar-refractivity contribution in [2.75, 3.05) is 26.4 Å². The second kappa shape index (κ2) is 9.68. The van der Waals surface area contributed by atoms with Crippen LogP contribution in [0.1, 0.15) is 20.3 Å². The van der Waals surface area contributed by atoms with Gasteiger partial charge in [0.25, 0.3) is 0 Å². The summed E-state index contributed by atoms with van der Waals surface area (Å²) >= 11 is 0. The second-order valence-electron chi connectivity index (χ2n) is 3.13. The maximum absolute atomic E-state index is 10.8. The van der Waals surface area contributed by atoms with E-state index in [0.29, 0.717) is 26.4 Å². The third-order valence-corrected chi connectivity index (χ3v) is 1.52. The molecular formula is C11H20O4. The number of rotatable bonds is 9. The predicted molar refractivity (Wildman–Crippen MR) is 57.7 cm³/mol. The molecule has 0 radical (unpaired) electrons. The normalized spacial score (nSPS) is 12.1. The van der Waals surface area contributed by atoms with E-state index >= 15 is 0 Å². The maximum atomic E-state index is 10.8. The number of esters is 1. The molecule has 4 heteroatoms. The zero-order valence-electron chi connectivity index (χ0n) is 9.53. The summed E-state index contributed by atoms with van der Waals surface area (Å²) in [7, 11) is 0. The van der Waals surface area contributed by atoms with Gasteiger partial charge in [-0.25, -0.2) is 0 Å².